The third kappa shape index (κ3) is 6.56. The minimum absolute atomic E-state index is 0.0742. The Labute approximate surface area is 195 Å². The molecule has 3 rings (SSSR count). The second-order valence-electron chi connectivity index (χ2n) is 6.78. The first-order valence-electron chi connectivity index (χ1n) is 9.82. The zero-order valence-electron chi connectivity index (χ0n) is 18.0. The van der Waals surface area contributed by atoms with Crippen molar-refractivity contribution in [2.24, 2.45) is 5.10 Å². The second-order valence-corrected chi connectivity index (χ2v) is 8.46. The molecule has 3 N–H and O–H groups in total. The zero-order chi connectivity index (χ0) is 24.6. The van der Waals surface area contributed by atoms with Gasteiger partial charge in [0, 0.05) is 16.8 Å². The first-order valence-corrected chi connectivity index (χ1v) is 11.3. The van der Waals surface area contributed by atoms with Crippen LogP contribution in [0.4, 0.5) is 5.69 Å². The monoisotopic (exact) mass is 483 g/mol. The largest absolute Gasteiger partial charge is 0.497 e. The van der Waals surface area contributed by atoms with E-state index < -0.39 is 28.5 Å². The van der Waals surface area contributed by atoms with E-state index in [1.165, 1.54) is 37.6 Å². The number of benzene rings is 3. The predicted molar refractivity (Wildman–Crippen MR) is 125 cm³/mol. The van der Waals surface area contributed by atoms with Crippen LogP contribution in [-0.2, 0) is 14.8 Å². The highest BCUT2D eigenvalue weighted by Crippen LogP contribution is 2.20. The molecule has 0 aliphatic heterocycles. The maximum atomic E-state index is 12.7. The molecule has 11 heteroatoms. The van der Waals surface area contributed by atoms with Gasteiger partial charge in [0.15, 0.2) is 6.61 Å². The van der Waals surface area contributed by atoms with Crippen LogP contribution in [0.2, 0.25) is 0 Å². The van der Waals surface area contributed by atoms with Gasteiger partial charge in [-0.05, 0) is 54.6 Å². The van der Waals surface area contributed by atoms with Gasteiger partial charge in [0.2, 0.25) is 0 Å². The van der Waals surface area contributed by atoms with Crippen molar-refractivity contribution in [2.45, 2.75) is 4.90 Å². The summed E-state index contributed by atoms with van der Waals surface area (Å²) < 4.78 is 38.1. The van der Waals surface area contributed by atoms with Crippen LogP contribution in [0.15, 0.2) is 82.8 Å². The Kier molecular flexibility index (Phi) is 7.83. The van der Waals surface area contributed by atoms with Crippen LogP contribution < -0.4 is 19.6 Å². The quantitative estimate of drug-likeness (QED) is 0.297. The van der Waals surface area contributed by atoms with Gasteiger partial charge in [-0.3, -0.25) is 9.52 Å². The number of para-hydroxylation sites is 1. The molecule has 10 nitrogen and oxygen atoms in total. The molecule has 176 valence electrons. The van der Waals surface area contributed by atoms with Gasteiger partial charge in [0.25, 0.3) is 15.9 Å². The lowest BCUT2D eigenvalue weighted by Crippen LogP contribution is -2.19. The van der Waals surface area contributed by atoms with Gasteiger partial charge >= 0.3 is 5.97 Å². The molecule has 0 saturated carbocycles. The van der Waals surface area contributed by atoms with Gasteiger partial charge in [0.1, 0.15) is 11.5 Å². The number of anilines is 1. The number of hydrazone groups is 1. The van der Waals surface area contributed by atoms with Crippen molar-refractivity contribution in [3.05, 3.63) is 83.9 Å². The van der Waals surface area contributed by atoms with E-state index in [2.05, 4.69) is 15.2 Å². The zero-order valence-corrected chi connectivity index (χ0v) is 18.8. The molecule has 0 atom stereocenters. The highest BCUT2D eigenvalue weighted by atomic mass is 32.2. The van der Waals surface area contributed by atoms with E-state index in [1.54, 1.807) is 48.5 Å². The highest BCUT2D eigenvalue weighted by molar-refractivity contribution is 7.92. The number of amides is 1. The maximum absolute atomic E-state index is 12.7. The molecule has 0 spiro atoms. The van der Waals surface area contributed by atoms with Gasteiger partial charge < -0.3 is 14.6 Å². The Bertz CT molecular complexity index is 1310. The van der Waals surface area contributed by atoms with Crippen LogP contribution in [0, 0.1) is 0 Å². The summed E-state index contributed by atoms with van der Waals surface area (Å²) in [7, 11) is -2.44. The molecule has 0 heterocycles. The van der Waals surface area contributed by atoms with Crippen molar-refractivity contribution in [2.75, 3.05) is 18.4 Å². The van der Waals surface area contributed by atoms with Crippen LogP contribution in [0.5, 0.6) is 11.5 Å². The summed E-state index contributed by atoms with van der Waals surface area (Å²) in [5, 5.41) is 12.6. The lowest BCUT2D eigenvalue weighted by molar-refractivity contribution is -0.139. The number of nitrogens with zero attached hydrogens (tertiary/aromatic N) is 1. The van der Waals surface area contributed by atoms with E-state index in [-0.39, 0.29) is 16.2 Å². The fourth-order valence-electron chi connectivity index (χ4n) is 2.76. The fraction of sp³-hybridized carbons (Fsp3) is 0.0870. The van der Waals surface area contributed by atoms with Gasteiger partial charge in [-0.2, -0.15) is 5.10 Å². The van der Waals surface area contributed by atoms with Crippen LogP contribution in [0.3, 0.4) is 0 Å². The SMILES string of the molecule is COc1ccc(NS(=O)(=O)c2cccc(C(=O)N/N=C\c3ccccc3OCC(=O)O)c2)cc1. The second kappa shape index (κ2) is 11.0. The topological polar surface area (TPSA) is 143 Å². The highest BCUT2D eigenvalue weighted by Gasteiger charge is 2.16. The summed E-state index contributed by atoms with van der Waals surface area (Å²) in [6, 6.07) is 18.4. The van der Waals surface area contributed by atoms with Crippen LogP contribution in [-0.4, -0.2) is 45.3 Å². The number of rotatable bonds is 10. The fourth-order valence-corrected chi connectivity index (χ4v) is 3.86. The van der Waals surface area contributed by atoms with E-state index in [1.807, 2.05) is 0 Å². The van der Waals surface area contributed by atoms with Gasteiger partial charge in [-0.1, -0.05) is 18.2 Å². The van der Waals surface area contributed by atoms with Crippen LogP contribution >= 0.6 is 0 Å². The molecular weight excluding hydrogens is 462 g/mol. The summed E-state index contributed by atoms with van der Waals surface area (Å²) in [6.45, 7) is -0.525. The van der Waals surface area contributed by atoms with Crippen LogP contribution in [0.1, 0.15) is 15.9 Å². The standard InChI is InChI=1S/C23H21N3O7S/c1-32-19-11-9-18(10-12-19)26-34(30,31)20-7-4-6-16(13-20)23(29)25-24-14-17-5-2-3-8-21(17)33-15-22(27)28/h2-14,26H,15H2,1H3,(H,25,29)(H,27,28)/b24-14-. The van der Waals surface area contributed by atoms with E-state index in [0.29, 0.717) is 17.0 Å². The van der Waals surface area contributed by atoms with Crippen molar-refractivity contribution in [3.63, 3.8) is 0 Å². The first kappa shape index (κ1) is 24.3. The molecule has 0 aliphatic carbocycles. The Morgan fingerprint density at radius 2 is 1.76 bits per heavy atom. The first-order chi connectivity index (χ1) is 16.3. The number of methoxy groups -OCH3 is 1. The number of aliphatic carboxylic acids is 1. The Morgan fingerprint density at radius 3 is 2.47 bits per heavy atom. The van der Waals surface area contributed by atoms with Crippen molar-refractivity contribution in [3.8, 4) is 11.5 Å². The Balaban J connectivity index is 1.69. The number of sulfonamides is 1. The summed E-state index contributed by atoms with van der Waals surface area (Å²) in [4.78, 5) is 23.1. The number of carboxylic acid groups (broad SMARTS) is 1. The van der Waals surface area contributed by atoms with E-state index >= 15 is 0 Å². The van der Waals surface area contributed by atoms with Gasteiger partial charge in [0.05, 0.1) is 18.2 Å². The van der Waals surface area contributed by atoms with Gasteiger partial charge in [-0.15, -0.1) is 0 Å². The molecule has 1 amide bonds. The number of carbonyl (C=O) groups is 2. The summed E-state index contributed by atoms with van der Waals surface area (Å²) in [6.07, 6.45) is 1.29. The average molecular weight is 484 g/mol. The lowest BCUT2D eigenvalue weighted by Gasteiger charge is -2.10. The maximum Gasteiger partial charge on any atom is 0.341 e. The summed E-state index contributed by atoms with van der Waals surface area (Å²) in [5.41, 5.74) is 3.17. The number of ether oxygens (including phenoxy) is 2. The minimum Gasteiger partial charge on any atom is -0.497 e. The number of hydrogen-bond donors (Lipinski definition) is 3. The number of carbonyl (C=O) groups excluding carboxylic acids is 1. The van der Waals surface area contributed by atoms with Gasteiger partial charge in [-0.25, -0.2) is 18.6 Å². The third-order valence-electron chi connectivity index (χ3n) is 4.39. The number of nitrogens with one attached hydrogen (secondary N) is 2. The van der Waals surface area contributed by atoms with Crippen molar-refractivity contribution in [1.29, 1.82) is 0 Å². The normalized spacial score (nSPS) is 11.1. The Hall–Kier alpha value is -4.38. The van der Waals surface area contributed by atoms with Crippen molar-refractivity contribution < 1.29 is 32.6 Å². The van der Waals surface area contributed by atoms with E-state index in [9.17, 15) is 18.0 Å². The molecule has 3 aromatic rings. The minimum atomic E-state index is -3.95. The van der Waals surface area contributed by atoms with Crippen LogP contribution in [0.25, 0.3) is 0 Å². The molecule has 0 radical (unpaired) electrons. The molecular formula is C23H21N3O7S. The average Bonchev–Trinajstić information content (AvgIpc) is 2.83. The van der Waals surface area contributed by atoms with E-state index in [4.69, 9.17) is 14.6 Å². The molecule has 3 aromatic carbocycles. The number of hydrogen-bond acceptors (Lipinski definition) is 7. The number of carboxylic acids is 1. The summed E-state index contributed by atoms with van der Waals surface area (Å²) >= 11 is 0. The van der Waals surface area contributed by atoms with Crippen molar-refractivity contribution >= 4 is 33.8 Å². The molecule has 0 saturated heterocycles. The molecule has 0 bridgehead atoms. The lowest BCUT2D eigenvalue weighted by atomic mass is 10.2. The molecule has 0 fully saturated rings. The third-order valence-corrected chi connectivity index (χ3v) is 5.77. The van der Waals surface area contributed by atoms with Crippen molar-refractivity contribution in [1.82, 2.24) is 5.43 Å². The molecule has 34 heavy (non-hydrogen) atoms. The smallest absolute Gasteiger partial charge is 0.341 e. The summed E-state index contributed by atoms with van der Waals surface area (Å²) in [5.74, 6) is -0.906. The molecule has 0 unspecified atom stereocenters. The molecule has 0 aliphatic rings. The molecule has 0 aromatic heterocycles. The Morgan fingerprint density at radius 1 is 1.03 bits per heavy atom. The predicted octanol–water partition coefficient (Wildman–Crippen LogP) is 2.72. The van der Waals surface area contributed by atoms with E-state index in [0.717, 1.165) is 0 Å².